The molecule has 0 bridgehead atoms. The highest BCUT2D eigenvalue weighted by Gasteiger charge is 2.18. The zero-order valence-corrected chi connectivity index (χ0v) is 9.13. The van der Waals surface area contributed by atoms with Gasteiger partial charge in [0.05, 0.1) is 12.3 Å². The summed E-state index contributed by atoms with van der Waals surface area (Å²) in [5.41, 5.74) is 2.74. The first-order chi connectivity index (χ1) is 7.86. The van der Waals surface area contributed by atoms with Gasteiger partial charge in [0.25, 0.3) is 0 Å². The first-order valence-corrected chi connectivity index (χ1v) is 5.53. The molecule has 16 heavy (non-hydrogen) atoms. The zero-order valence-electron chi connectivity index (χ0n) is 9.13. The molecule has 4 nitrogen and oxygen atoms in total. The van der Waals surface area contributed by atoms with Crippen molar-refractivity contribution in [1.82, 2.24) is 0 Å². The van der Waals surface area contributed by atoms with Gasteiger partial charge >= 0.3 is 0 Å². The van der Waals surface area contributed by atoms with E-state index in [9.17, 15) is 0 Å². The van der Waals surface area contributed by atoms with Gasteiger partial charge in [-0.25, -0.2) is 0 Å². The van der Waals surface area contributed by atoms with Gasteiger partial charge in [-0.3, -0.25) is 0 Å². The highest BCUT2D eigenvalue weighted by atomic mass is 16.4. The number of fused-ring (bicyclic) bond motifs is 1. The molecule has 0 saturated carbocycles. The van der Waals surface area contributed by atoms with E-state index in [1.807, 2.05) is 24.3 Å². The summed E-state index contributed by atoms with van der Waals surface area (Å²) in [5.74, 6) is 0. The van der Waals surface area contributed by atoms with E-state index in [2.05, 4.69) is 10.1 Å². The summed E-state index contributed by atoms with van der Waals surface area (Å²) >= 11 is 0. The van der Waals surface area contributed by atoms with Crippen molar-refractivity contribution in [3.05, 3.63) is 29.8 Å². The summed E-state index contributed by atoms with van der Waals surface area (Å²) in [6, 6.07) is 7.86. The Kier molecular flexibility index (Phi) is 3.41. The van der Waals surface area contributed by atoms with Crippen LogP contribution in [0.25, 0.3) is 0 Å². The van der Waals surface area contributed by atoms with Crippen molar-refractivity contribution in [3.63, 3.8) is 0 Å². The van der Waals surface area contributed by atoms with Crippen LogP contribution >= 0.6 is 0 Å². The summed E-state index contributed by atoms with van der Waals surface area (Å²) in [5, 5.41) is 21.4. The lowest BCUT2D eigenvalue weighted by molar-refractivity contribution is 0.302. The Morgan fingerprint density at radius 1 is 1.31 bits per heavy atom. The quantitative estimate of drug-likeness (QED) is 0.586. The Morgan fingerprint density at radius 2 is 2.12 bits per heavy atom. The van der Waals surface area contributed by atoms with Gasteiger partial charge in [0.15, 0.2) is 0 Å². The van der Waals surface area contributed by atoms with Crippen LogP contribution in [0.5, 0.6) is 0 Å². The Hall–Kier alpha value is -1.55. The lowest BCUT2D eigenvalue weighted by atomic mass is 10.1. The molecule has 0 saturated heterocycles. The van der Waals surface area contributed by atoms with Gasteiger partial charge in [0, 0.05) is 24.3 Å². The molecule has 0 amide bonds. The van der Waals surface area contributed by atoms with Crippen LogP contribution in [0.4, 0.5) is 5.69 Å². The van der Waals surface area contributed by atoms with Gasteiger partial charge in [0.2, 0.25) is 0 Å². The number of aliphatic hydroxyl groups excluding tert-OH is 1. The number of hydrogen-bond donors (Lipinski definition) is 2. The van der Waals surface area contributed by atoms with Gasteiger partial charge in [-0.15, -0.1) is 0 Å². The second-order valence-electron chi connectivity index (χ2n) is 3.88. The van der Waals surface area contributed by atoms with E-state index < -0.39 is 0 Å². The van der Waals surface area contributed by atoms with Crippen molar-refractivity contribution < 1.29 is 10.3 Å². The Bertz CT molecular complexity index is 390. The van der Waals surface area contributed by atoms with Gasteiger partial charge < -0.3 is 15.2 Å². The van der Waals surface area contributed by atoms with Gasteiger partial charge in [-0.2, -0.15) is 0 Å². The summed E-state index contributed by atoms with van der Waals surface area (Å²) in [6.07, 6.45) is 1.71. The van der Waals surface area contributed by atoms with Crippen LogP contribution < -0.4 is 4.90 Å². The molecule has 2 rings (SSSR count). The number of oxime groups is 1. The van der Waals surface area contributed by atoms with Crippen molar-refractivity contribution in [2.45, 2.75) is 12.8 Å². The van der Waals surface area contributed by atoms with Crippen LogP contribution in [0.2, 0.25) is 0 Å². The number of anilines is 1. The molecule has 0 fully saturated rings. The highest BCUT2D eigenvalue weighted by Crippen LogP contribution is 2.26. The SMILES string of the molecule is OCCN1CCC/C(=N/O)c2ccccc21. The average Bonchev–Trinajstić information content (AvgIpc) is 2.50. The number of rotatable bonds is 2. The fourth-order valence-corrected chi connectivity index (χ4v) is 2.14. The van der Waals surface area contributed by atoms with Crippen molar-refractivity contribution in [3.8, 4) is 0 Å². The van der Waals surface area contributed by atoms with E-state index in [0.717, 1.165) is 36.3 Å². The maximum atomic E-state index is 9.04. The van der Waals surface area contributed by atoms with Gasteiger partial charge in [-0.05, 0) is 18.9 Å². The van der Waals surface area contributed by atoms with Crippen LogP contribution in [0, 0.1) is 0 Å². The number of aliphatic hydroxyl groups is 1. The fraction of sp³-hybridized carbons (Fsp3) is 0.417. The molecule has 0 unspecified atom stereocenters. The molecule has 1 aliphatic rings. The number of benzene rings is 1. The summed E-state index contributed by atoms with van der Waals surface area (Å²) in [7, 11) is 0. The fourth-order valence-electron chi connectivity index (χ4n) is 2.14. The predicted octanol–water partition coefficient (Wildman–Crippen LogP) is 1.46. The molecule has 0 atom stereocenters. The first kappa shape index (κ1) is 11.0. The predicted molar refractivity (Wildman–Crippen MR) is 63.3 cm³/mol. The second-order valence-corrected chi connectivity index (χ2v) is 3.88. The van der Waals surface area contributed by atoms with Crippen LogP contribution in [-0.4, -0.2) is 35.7 Å². The summed E-state index contributed by atoms with van der Waals surface area (Å²) < 4.78 is 0. The molecule has 1 aromatic rings. The number of para-hydroxylation sites is 1. The van der Waals surface area contributed by atoms with Crippen LogP contribution in [0.1, 0.15) is 18.4 Å². The molecule has 1 aliphatic heterocycles. The minimum Gasteiger partial charge on any atom is -0.411 e. The normalized spacial score (nSPS) is 18.3. The van der Waals surface area contributed by atoms with Crippen LogP contribution in [0.15, 0.2) is 29.4 Å². The van der Waals surface area contributed by atoms with Gasteiger partial charge in [-0.1, -0.05) is 23.4 Å². The molecule has 86 valence electrons. The molecule has 0 aliphatic carbocycles. The largest absolute Gasteiger partial charge is 0.411 e. The molecule has 4 heteroatoms. The number of β-amino-alcohol motifs (C(OH)–C–C–N with tert-alkyl or cyclic N) is 1. The standard InChI is InChI=1S/C12H16N2O2/c15-9-8-14-7-3-5-11(13-16)10-4-1-2-6-12(10)14/h1-2,4,6,15-16H,3,5,7-9H2/b13-11-. The Balaban J connectivity index is 2.42. The van der Waals surface area contributed by atoms with E-state index in [-0.39, 0.29) is 6.61 Å². The maximum absolute atomic E-state index is 9.04. The van der Waals surface area contributed by atoms with E-state index in [1.165, 1.54) is 0 Å². The van der Waals surface area contributed by atoms with E-state index in [1.54, 1.807) is 0 Å². The molecular weight excluding hydrogens is 204 g/mol. The molecule has 1 heterocycles. The summed E-state index contributed by atoms with van der Waals surface area (Å²) in [6.45, 7) is 1.65. The smallest absolute Gasteiger partial charge is 0.0889 e. The van der Waals surface area contributed by atoms with E-state index >= 15 is 0 Å². The molecule has 0 aromatic heterocycles. The number of nitrogens with zero attached hydrogens (tertiary/aromatic N) is 2. The topological polar surface area (TPSA) is 56.1 Å². The summed E-state index contributed by atoms with van der Waals surface area (Å²) in [4.78, 5) is 2.13. The van der Waals surface area contributed by atoms with E-state index in [4.69, 9.17) is 10.3 Å². The van der Waals surface area contributed by atoms with Crippen molar-refractivity contribution in [1.29, 1.82) is 0 Å². The third kappa shape index (κ3) is 2.02. The maximum Gasteiger partial charge on any atom is 0.0889 e. The molecule has 0 radical (unpaired) electrons. The monoisotopic (exact) mass is 220 g/mol. The van der Waals surface area contributed by atoms with Crippen LogP contribution in [-0.2, 0) is 0 Å². The Labute approximate surface area is 94.8 Å². The Morgan fingerprint density at radius 3 is 2.88 bits per heavy atom. The van der Waals surface area contributed by atoms with E-state index in [0.29, 0.717) is 6.54 Å². The minimum atomic E-state index is 0.139. The van der Waals surface area contributed by atoms with Crippen molar-refractivity contribution in [2.24, 2.45) is 5.16 Å². The van der Waals surface area contributed by atoms with Crippen molar-refractivity contribution in [2.75, 3.05) is 24.6 Å². The molecule has 2 N–H and O–H groups in total. The lowest BCUT2D eigenvalue weighted by Crippen LogP contribution is -2.27. The van der Waals surface area contributed by atoms with Crippen LogP contribution in [0.3, 0.4) is 0 Å². The molecule has 1 aromatic carbocycles. The van der Waals surface area contributed by atoms with Gasteiger partial charge in [0.1, 0.15) is 0 Å². The zero-order chi connectivity index (χ0) is 11.4. The number of hydrogen-bond acceptors (Lipinski definition) is 4. The first-order valence-electron chi connectivity index (χ1n) is 5.53. The third-order valence-electron chi connectivity index (χ3n) is 2.89. The lowest BCUT2D eigenvalue weighted by Gasteiger charge is -2.23. The molecule has 0 spiro atoms. The van der Waals surface area contributed by atoms with Crippen molar-refractivity contribution >= 4 is 11.4 Å². The minimum absolute atomic E-state index is 0.139. The second kappa shape index (κ2) is 4.99. The highest BCUT2D eigenvalue weighted by molar-refractivity contribution is 6.05. The molecular formula is C12H16N2O2. The average molecular weight is 220 g/mol. The third-order valence-corrected chi connectivity index (χ3v) is 2.89.